The Morgan fingerprint density at radius 2 is 0.795 bits per heavy atom. The first-order valence-electron chi connectivity index (χ1n) is 29.7. The maximum absolute atomic E-state index is 12.8. The van der Waals surface area contributed by atoms with Crippen molar-refractivity contribution in [2.75, 3.05) is 47.5 Å². The van der Waals surface area contributed by atoms with Crippen molar-refractivity contribution >= 4 is 17.9 Å². The highest BCUT2D eigenvalue weighted by atomic mass is 16.7. The third-order valence-electron chi connectivity index (χ3n) is 12.6. The fourth-order valence-electron chi connectivity index (χ4n) is 8.07. The van der Waals surface area contributed by atoms with Crippen LogP contribution in [-0.4, -0.2) is 82.3 Å². The summed E-state index contributed by atoms with van der Waals surface area (Å²) in [6.45, 7) is 4.56. The summed E-state index contributed by atoms with van der Waals surface area (Å²) in [5, 5.41) is 11.8. The molecular formula is C64H111NO8. The molecule has 73 heavy (non-hydrogen) atoms. The molecule has 2 atom stereocenters. The van der Waals surface area contributed by atoms with Crippen molar-refractivity contribution in [3.63, 3.8) is 0 Å². The van der Waals surface area contributed by atoms with Crippen molar-refractivity contribution in [2.24, 2.45) is 0 Å². The summed E-state index contributed by atoms with van der Waals surface area (Å²) in [6, 6.07) is 0. The molecule has 0 saturated heterocycles. The van der Waals surface area contributed by atoms with E-state index in [4.69, 9.17) is 18.9 Å². The topological polar surface area (TPSA) is 111 Å². The molecule has 0 radical (unpaired) electrons. The number of esters is 2. The number of aliphatic carboxylic acids is 1. The molecule has 0 fully saturated rings. The van der Waals surface area contributed by atoms with E-state index in [2.05, 4.69) is 98.9 Å². The maximum Gasteiger partial charge on any atom is 0.306 e. The van der Waals surface area contributed by atoms with Gasteiger partial charge in [-0.25, -0.2) is 0 Å². The summed E-state index contributed by atoms with van der Waals surface area (Å²) in [6.07, 6.45) is 69.5. The number of carbonyl (C=O) groups excluding carboxylic acids is 3. The number of allylic oxidation sites excluding steroid dienone is 14. The highest BCUT2D eigenvalue weighted by Crippen LogP contribution is 2.16. The van der Waals surface area contributed by atoms with E-state index >= 15 is 0 Å². The largest absolute Gasteiger partial charge is 0.545 e. The van der Waals surface area contributed by atoms with Crippen molar-refractivity contribution in [1.82, 2.24) is 0 Å². The van der Waals surface area contributed by atoms with E-state index in [0.29, 0.717) is 23.9 Å². The molecule has 0 saturated carbocycles. The Morgan fingerprint density at radius 1 is 0.425 bits per heavy atom. The number of unbranched alkanes of at least 4 members (excludes halogenated alkanes) is 25. The predicted octanol–water partition coefficient (Wildman–Crippen LogP) is 16.2. The fraction of sp³-hybridized carbons (Fsp3) is 0.734. The number of hydrogen-bond acceptors (Lipinski definition) is 8. The van der Waals surface area contributed by atoms with Crippen LogP contribution in [0.25, 0.3) is 0 Å². The maximum atomic E-state index is 12.8. The molecule has 0 aromatic heterocycles. The van der Waals surface area contributed by atoms with Gasteiger partial charge >= 0.3 is 11.9 Å². The summed E-state index contributed by atoms with van der Waals surface area (Å²) in [4.78, 5) is 37.2. The Morgan fingerprint density at radius 3 is 1.21 bits per heavy atom. The number of carbonyl (C=O) groups is 3. The van der Waals surface area contributed by atoms with E-state index in [0.717, 1.165) is 57.8 Å². The minimum absolute atomic E-state index is 0.134. The standard InChI is InChI=1S/C64H111NO8/c1-6-8-10-12-14-16-18-20-22-24-25-26-27-28-29-30-31-32-33-34-35-36-37-39-40-42-44-46-48-50-52-54-61(66)71-58-60(59-72-64(63(68)69)70-57-56-65(3,4)5)73-62(67)55-53-51-49-47-45-43-41-38-23-21-19-17-15-13-11-9-7-2/h9,11,15,17-18,20-21,23-25,41,43,47,49,60,64H,6-8,10,12-14,16,19,22,26-40,42,44-46,48,50-59H2,1-5H3/b11-9-,17-15-,20-18-,23-21-,25-24-,43-41-,49-47-. The van der Waals surface area contributed by atoms with Crippen molar-refractivity contribution < 1.29 is 42.9 Å². The quantitative estimate of drug-likeness (QED) is 0.0195. The first kappa shape index (κ1) is 69.5. The van der Waals surface area contributed by atoms with Crippen LogP contribution in [0.15, 0.2) is 85.1 Å². The van der Waals surface area contributed by atoms with Gasteiger partial charge in [-0.2, -0.15) is 0 Å². The number of ether oxygens (including phenoxy) is 4. The van der Waals surface area contributed by atoms with Gasteiger partial charge in [0.2, 0.25) is 0 Å². The molecule has 0 aliphatic rings. The van der Waals surface area contributed by atoms with Gasteiger partial charge in [0, 0.05) is 12.8 Å². The van der Waals surface area contributed by atoms with E-state index in [1.807, 2.05) is 21.1 Å². The number of likely N-dealkylation sites (N-methyl/N-ethyl adjacent to an activating group) is 1. The van der Waals surface area contributed by atoms with E-state index in [-0.39, 0.29) is 38.6 Å². The van der Waals surface area contributed by atoms with E-state index in [1.165, 1.54) is 148 Å². The van der Waals surface area contributed by atoms with E-state index in [9.17, 15) is 19.5 Å². The zero-order valence-electron chi connectivity index (χ0n) is 47.7. The van der Waals surface area contributed by atoms with E-state index < -0.39 is 24.3 Å². The summed E-state index contributed by atoms with van der Waals surface area (Å²) in [7, 11) is 5.90. The first-order chi connectivity index (χ1) is 35.6. The van der Waals surface area contributed by atoms with E-state index in [1.54, 1.807) is 0 Å². The van der Waals surface area contributed by atoms with Gasteiger partial charge in [-0.3, -0.25) is 9.59 Å². The minimum Gasteiger partial charge on any atom is -0.545 e. The number of hydrogen-bond donors (Lipinski definition) is 0. The number of carboxylic acid groups (broad SMARTS) is 1. The zero-order chi connectivity index (χ0) is 53.4. The molecular weight excluding hydrogens is 911 g/mol. The molecule has 9 nitrogen and oxygen atoms in total. The van der Waals surface area contributed by atoms with Crippen molar-refractivity contribution in [3.8, 4) is 0 Å². The van der Waals surface area contributed by atoms with Crippen molar-refractivity contribution in [3.05, 3.63) is 85.1 Å². The van der Waals surface area contributed by atoms with Crippen LogP contribution in [-0.2, 0) is 33.3 Å². The highest BCUT2D eigenvalue weighted by Gasteiger charge is 2.22. The number of nitrogens with zero attached hydrogens (tertiary/aromatic N) is 1. The predicted molar refractivity (Wildman–Crippen MR) is 306 cm³/mol. The SMILES string of the molecule is CC/C=C\C/C=C\C/C=C\C/C=C\C/C=C\CCCC(=O)OC(COC(=O)CCCCCCCCCCCCCCCCCCCCC/C=C\C/C=C\CCCCCCC)COC(OCC[N+](C)(C)C)C(=O)[O-]. The van der Waals surface area contributed by atoms with Crippen LogP contribution >= 0.6 is 0 Å². The number of quaternary nitrogens is 1. The molecule has 2 unspecified atom stereocenters. The second kappa shape index (κ2) is 54.7. The number of carboxylic acids is 1. The molecule has 0 N–H and O–H groups in total. The van der Waals surface area contributed by atoms with Gasteiger partial charge in [0.1, 0.15) is 13.2 Å². The summed E-state index contributed by atoms with van der Waals surface area (Å²) < 4.78 is 22.6. The van der Waals surface area contributed by atoms with Gasteiger partial charge in [-0.15, -0.1) is 0 Å². The van der Waals surface area contributed by atoms with Gasteiger partial charge in [0.05, 0.1) is 40.3 Å². The van der Waals surface area contributed by atoms with Crippen LogP contribution in [0.1, 0.15) is 245 Å². The second-order valence-electron chi connectivity index (χ2n) is 20.9. The van der Waals surface area contributed by atoms with Crippen LogP contribution in [0, 0.1) is 0 Å². The lowest BCUT2D eigenvalue weighted by atomic mass is 10.0. The van der Waals surface area contributed by atoms with Crippen LogP contribution < -0.4 is 5.11 Å². The molecule has 9 heteroatoms. The average molecular weight is 1020 g/mol. The van der Waals surface area contributed by atoms with Gasteiger partial charge in [-0.05, 0) is 83.5 Å². The lowest BCUT2D eigenvalue weighted by Crippen LogP contribution is -2.44. The van der Waals surface area contributed by atoms with Crippen LogP contribution in [0.3, 0.4) is 0 Å². The molecule has 0 aliphatic heterocycles. The Balaban J connectivity index is 4.17. The molecule has 420 valence electrons. The molecule has 0 aromatic carbocycles. The lowest BCUT2D eigenvalue weighted by molar-refractivity contribution is -0.870. The van der Waals surface area contributed by atoms with Gasteiger partial charge in [0.25, 0.3) is 0 Å². The van der Waals surface area contributed by atoms with Gasteiger partial charge in [0.15, 0.2) is 12.4 Å². The third kappa shape index (κ3) is 56.0. The number of rotatable bonds is 54. The normalized spacial score (nSPS) is 13.4. The van der Waals surface area contributed by atoms with Crippen LogP contribution in [0.5, 0.6) is 0 Å². The molecule has 0 bridgehead atoms. The molecule has 0 aliphatic carbocycles. The summed E-state index contributed by atoms with van der Waals surface area (Å²) in [5.74, 6) is -2.36. The van der Waals surface area contributed by atoms with Gasteiger partial charge < -0.3 is 33.3 Å². The van der Waals surface area contributed by atoms with Crippen molar-refractivity contribution in [2.45, 2.75) is 257 Å². The molecule has 0 amide bonds. The Labute approximate surface area is 449 Å². The first-order valence-corrected chi connectivity index (χ1v) is 29.7. The highest BCUT2D eigenvalue weighted by molar-refractivity contribution is 5.70. The smallest absolute Gasteiger partial charge is 0.306 e. The monoisotopic (exact) mass is 1020 g/mol. The Bertz CT molecular complexity index is 1470. The summed E-state index contributed by atoms with van der Waals surface area (Å²) in [5.41, 5.74) is 0. The summed E-state index contributed by atoms with van der Waals surface area (Å²) >= 11 is 0. The molecule has 0 heterocycles. The van der Waals surface area contributed by atoms with Gasteiger partial charge in [-0.1, -0.05) is 234 Å². The molecule has 0 aromatic rings. The Hall–Kier alpha value is -3.53. The minimum atomic E-state index is -1.64. The fourth-order valence-corrected chi connectivity index (χ4v) is 8.07. The zero-order valence-corrected chi connectivity index (χ0v) is 47.7. The molecule has 0 rings (SSSR count). The second-order valence-corrected chi connectivity index (χ2v) is 20.9. The average Bonchev–Trinajstić information content (AvgIpc) is 3.36. The van der Waals surface area contributed by atoms with Crippen molar-refractivity contribution in [1.29, 1.82) is 0 Å². The van der Waals surface area contributed by atoms with Crippen LogP contribution in [0.2, 0.25) is 0 Å². The molecule has 0 spiro atoms. The lowest BCUT2D eigenvalue weighted by Gasteiger charge is -2.26. The van der Waals surface area contributed by atoms with Crippen LogP contribution in [0.4, 0.5) is 0 Å². The third-order valence-corrected chi connectivity index (χ3v) is 12.6. The Kier molecular flexibility index (Phi) is 52.1.